The van der Waals surface area contributed by atoms with Crippen molar-refractivity contribution in [2.24, 2.45) is 0 Å². The minimum absolute atomic E-state index is 0.316. The molecule has 0 radical (unpaired) electrons. The van der Waals surface area contributed by atoms with Crippen molar-refractivity contribution in [3.05, 3.63) is 45.5 Å². The number of amides is 1. The first-order chi connectivity index (χ1) is 9.95. The minimum atomic E-state index is -0.428. The summed E-state index contributed by atoms with van der Waals surface area (Å²) in [5, 5.41) is 6.90. The first-order valence-electron chi connectivity index (χ1n) is 6.39. The zero-order chi connectivity index (χ0) is 15.4. The molecule has 0 saturated carbocycles. The number of hydrogen-bond donors (Lipinski definition) is 1. The van der Waals surface area contributed by atoms with Crippen LogP contribution in [-0.2, 0) is 6.54 Å². The molecule has 0 atom stereocenters. The number of rotatable bonds is 5. The number of nitrogens with zero attached hydrogens (tertiary/aromatic N) is 3. The van der Waals surface area contributed by atoms with Crippen LogP contribution in [-0.4, -0.2) is 41.2 Å². The first kappa shape index (κ1) is 15.9. The Balaban J connectivity index is 2.04. The Morgan fingerprint density at radius 3 is 2.95 bits per heavy atom. The summed E-state index contributed by atoms with van der Waals surface area (Å²) in [7, 11) is 3.97. The molecule has 1 aromatic heterocycles. The van der Waals surface area contributed by atoms with Crippen LogP contribution in [0.4, 0.5) is 10.1 Å². The van der Waals surface area contributed by atoms with E-state index in [2.05, 4.69) is 15.3 Å². The van der Waals surface area contributed by atoms with E-state index in [-0.39, 0.29) is 5.91 Å². The summed E-state index contributed by atoms with van der Waals surface area (Å²) < 4.78 is 15.7. The summed E-state index contributed by atoms with van der Waals surface area (Å²) in [6.45, 7) is 1.59. The topological polar surface area (TPSA) is 50.2 Å². The van der Waals surface area contributed by atoms with Crippen LogP contribution in [0.1, 0.15) is 10.4 Å². The van der Waals surface area contributed by atoms with E-state index in [1.165, 1.54) is 12.1 Å². The monoisotopic (exact) mass is 402 g/mol. The van der Waals surface area contributed by atoms with E-state index in [4.69, 9.17) is 0 Å². The molecule has 2 rings (SSSR count). The number of hydrogen-bond acceptors (Lipinski definition) is 3. The van der Waals surface area contributed by atoms with Crippen LogP contribution in [0.25, 0.3) is 0 Å². The maximum atomic E-state index is 13.2. The molecule has 1 heterocycles. The molecule has 1 aromatic carbocycles. The average molecular weight is 402 g/mol. The number of benzene rings is 1. The van der Waals surface area contributed by atoms with Gasteiger partial charge in [0.15, 0.2) is 0 Å². The molecule has 1 N–H and O–H groups in total. The molecular formula is C14H16FIN4O. The van der Waals surface area contributed by atoms with Gasteiger partial charge in [-0.2, -0.15) is 5.10 Å². The van der Waals surface area contributed by atoms with Crippen LogP contribution >= 0.6 is 22.6 Å². The van der Waals surface area contributed by atoms with Crippen molar-refractivity contribution in [3.8, 4) is 0 Å². The Morgan fingerprint density at radius 1 is 1.48 bits per heavy atom. The van der Waals surface area contributed by atoms with Gasteiger partial charge in [-0.1, -0.05) is 0 Å². The Morgan fingerprint density at radius 2 is 2.24 bits per heavy atom. The Kier molecular flexibility index (Phi) is 5.29. The van der Waals surface area contributed by atoms with Gasteiger partial charge in [0, 0.05) is 16.3 Å². The fourth-order valence-electron chi connectivity index (χ4n) is 1.72. The molecule has 21 heavy (non-hydrogen) atoms. The lowest BCUT2D eigenvalue weighted by molar-refractivity contribution is 0.102. The summed E-state index contributed by atoms with van der Waals surface area (Å²) in [4.78, 5) is 14.2. The van der Waals surface area contributed by atoms with Crippen LogP contribution in [0.2, 0.25) is 0 Å². The second-order valence-electron chi connectivity index (χ2n) is 4.87. The fourth-order valence-corrected chi connectivity index (χ4v) is 2.30. The van der Waals surface area contributed by atoms with Gasteiger partial charge in [0.1, 0.15) is 5.82 Å². The normalized spacial score (nSPS) is 10.9. The number of carbonyl (C=O) groups is 1. The van der Waals surface area contributed by atoms with Gasteiger partial charge in [0.25, 0.3) is 5.91 Å². The van der Waals surface area contributed by atoms with Crippen LogP contribution in [0.5, 0.6) is 0 Å². The molecule has 0 aliphatic carbocycles. The lowest BCUT2D eigenvalue weighted by atomic mass is 10.2. The van der Waals surface area contributed by atoms with Gasteiger partial charge in [0.05, 0.1) is 24.0 Å². The van der Waals surface area contributed by atoms with E-state index in [9.17, 15) is 9.18 Å². The van der Waals surface area contributed by atoms with E-state index >= 15 is 0 Å². The largest absolute Gasteiger partial charge is 0.319 e. The summed E-state index contributed by atoms with van der Waals surface area (Å²) in [6.07, 6.45) is 3.34. The highest BCUT2D eigenvalue weighted by Gasteiger charge is 2.12. The fraction of sp³-hybridized carbons (Fsp3) is 0.286. The van der Waals surface area contributed by atoms with E-state index in [0.717, 1.165) is 13.1 Å². The lowest BCUT2D eigenvalue weighted by Gasteiger charge is -2.08. The Hall–Kier alpha value is -1.48. The minimum Gasteiger partial charge on any atom is -0.319 e. The zero-order valence-corrected chi connectivity index (χ0v) is 14.0. The smallest absolute Gasteiger partial charge is 0.256 e. The van der Waals surface area contributed by atoms with Gasteiger partial charge in [-0.05, 0) is 54.9 Å². The lowest BCUT2D eigenvalue weighted by Crippen LogP contribution is -2.18. The highest BCUT2D eigenvalue weighted by Crippen LogP contribution is 2.16. The average Bonchev–Trinajstić information content (AvgIpc) is 2.86. The number of aromatic nitrogens is 2. The first-order valence-corrected chi connectivity index (χ1v) is 7.47. The molecule has 7 heteroatoms. The molecular weight excluding hydrogens is 386 g/mol. The molecule has 5 nitrogen and oxygen atoms in total. The molecule has 2 aromatic rings. The predicted octanol–water partition coefficient (Wildman–Crippen LogP) is 2.44. The van der Waals surface area contributed by atoms with Crippen LogP contribution in [0.15, 0.2) is 30.6 Å². The third kappa shape index (κ3) is 4.50. The summed E-state index contributed by atoms with van der Waals surface area (Å²) in [5.74, 6) is -0.770. The van der Waals surface area contributed by atoms with Gasteiger partial charge in [-0.3, -0.25) is 9.48 Å². The Labute approximate surface area is 136 Å². The van der Waals surface area contributed by atoms with Gasteiger partial charge in [-0.25, -0.2) is 4.39 Å². The highest BCUT2D eigenvalue weighted by atomic mass is 127. The van der Waals surface area contributed by atoms with Crippen LogP contribution < -0.4 is 5.32 Å². The molecule has 0 aliphatic rings. The second-order valence-corrected chi connectivity index (χ2v) is 6.04. The summed E-state index contributed by atoms with van der Waals surface area (Å²) in [5.41, 5.74) is 0.912. The van der Waals surface area contributed by atoms with E-state index in [0.29, 0.717) is 14.8 Å². The third-order valence-corrected chi connectivity index (χ3v) is 3.78. The number of carbonyl (C=O) groups excluding carboxylic acids is 1. The van der Waals surface area contributed by atoms with Gasteiger partial charge < -0.3 is 10.2 Å². The van der Waals surface area contributed by atoms with E-state index < -0.39 is 5.82 Å². The van der Waals surface area contributed by atoms with Gasteiger partial charge in [-0.15, -0.1) is 0 Å². The summed E-state index contributed by atoms with van der Waals surface area (Å²) >= 11 is 2.01. The van der Waals surface area contributed by atoms with Crippen LogP contribution in [0, 0.1) is 9.39 Å². The highest BCUT2D eigenvalue weighted by molar-refractivity contribution is 14.1. The van der Waals surface area contributed by atoms with Crippen molar-refractivity contribution < 1.29 is 9.18 Å². The second kappa shape index (κ2) is 6.99. The van der Waals surface area contributed by atoms with E-state index in [1.807, 2.05) is 36.7 Å². The van der Waals surface area contributed by atoms with E-state index in [1.54, 1.807) is 23.1 Å². The molecule has 0 spiro atoms. The van der Waals surface area contributed by atoms with Gasteiger partial charge in [0.2, 0.25) is 0 Å². The van der Waals surface area contributed by atoms with Crippen molar-refractivity contribution in [2.75, 3.05) is 26.0 Å². The molecule has 0 unspecified atom stereocenters. The third-order valence-electron chi connectivity index (χ3n) is 2.84. The van der Waals surface area contributed by atoms with Crippen LogP contribution in [0.3, 0.4) is 0 Å². The number of halogens is 2. The van der Waals surface area contributed by atoms with Crippen molar-refractivity contribution in [2.45, 2.75) is 6.54 Å². The van der Waals surface area contributed by atoms with Crippen molar-refractivity contribution in [3.63, 3.8) is 0 Å². The Bertz CT molecular complexity index is 642. The molecule has 0 aliphatic heterocycles. The SMILES string of the molecule is CN(C)CCn1cc(NC(=O)c2cc(F)ccc2I)cn1. The van der Waals surface area contributed by atoms with Gasteiger partial charge >= 0.3 is 0 Å². The maximum absolute atomic E-state index is 13.2. The zero-order valence-electron chi connectivity index (χ0n) is 11.8. The standard InChI is InChI=1S/C14H16FIN4O/c1-19(2)5-6-20-9-11(8-17-20)18-14(21)12-7-10(15)3-4-13(12)16/h3-4,7-9H,5-6H2,1-2H3,(H,18,21). The maximum Gasteiger partial charge on any atom is 0.256 e. The number of likely N-dealkylation sites (N-methyl/N-ethyl adjacent to an activating group) is 1. The van der Waals surface area contributed by atoms with Crippen molar-refractivity contribution in [1.29, 1.82) is 0 Å². The van der Waals surface area contributed by atoms with Crippen molar-refractivity contribution in [1.82, 2.24) is 14.7 Å². The number of nitrogens with one attached hydrogen (secondary N) is 1. The molecule has 0 saturated heterocycles. The predicted molar refractivity (Wildman–Crippen MR) is 87.9 cm³/mol. The molecule has 0 fully saturated rings. The molecule has 0 bridgehead atoms. The molecule has 1 amide bonds. The summed E-state index contributed by atoms with van der Waals surface area (Å²) in [6, 6.07) is 4.14. The quantitative estimate of drug-likeness (QED) is 0.782. The number of anilines is 1. The van der Waals surface area contributed by atoms with Crippen molar-refractivity contribution >= 4 is 34.2 Å². The molecule has 112 valence electrons.